The summed E-state index contributed by atoms with van der Waals surface area (Å²) in [5.41, 5.74) is 2.58. The molecule has 0 spiro atoms. The van der Waals surface area contributed by atoms with Crippen LogP contribution in [0.1, 0.15) is 11.1 Å². The van der Waals surface area contributed by atoms with Crippen LogP contribution in [0.25, 0.3) is 0 Å². The van der Waals surface area contributed by atoms with Gasteiger partial charge in [-0.3, -0.25) is 0 Å². The number of anilines is 1. The van der Waals surface area contributed by atoms with Crippen molar-refractivity contribution in [2.45, 2.75) is 13.5 Å². The average Bonchev–Trinajstić information content (AvgIpc) is 2.74. The molecule has 0 atom stereocenters. The van der Waals surface area contributed by atoms with E-state index in [1.807, 2.05) is 19.2 Å². The summed E-state index contributed by atoms with van der Waals surface area (Å²) in [5.74, 6) is 0.899. The van der Waals surface area contributed by atoms with Gasteiger partial charge in [0, 0.05) is 19.7 Å². The Morgan fingerprint density at radius 1 is 1.13 bits per heavy atom. The van der Waals surface area contributed by atoms with Crippen LogP contribution in [-0.2, 0) is 6.54 Å². The minimum atomic E-state index is 0.869. The summed E-state index contributed by atoms with van der Waals surface area (Å²) in [4.78, 5) is 2.09. The van der Waals surface area contributed by atoms with Gasteiger partial charge >= 0.3 is 0 Å². The summed E-state index contributed by atoms with van der Waals surface area (Å²) >= 11 is 0. The maximum Gasteiger partial charge on any atom is 0.195 e. The molecule has 0 aliphatic carbocycles. The van der Waals surface area contributed by atoms with Gasteiger partial charge in [-0.2, -0.15) is 0 Å². The summed E-state index contributed by atoms with van der Waals surface area (Å²) in [6, 6.07) is 12.4. The van der Waals surface area contributed by atoms with Crippen LogP contribution in [-0.4, -0.2) is 7.05 Å². The Morgan fingerprint density at radius 2 is 1.87 bits per heavy atom. The van der Waals surface area contributed by atoms with Crippen molar-refractivity contribution < 1.29 is 4.42 Å². The third-order valence-electron chi connectivity index (χ3n) is 2.42. The molecule has 0 amide bonds. The zero-order valence-corrected chi connectivity index (χ0v) is 9.10. The number of nitrogens with zero attached hydrogens (tertiary/aromatic N) is 1. The van der Waals surface area contributed by atoms with Crippen molar-refractivity contribution in [3.8, 4) is 0 Å². The molecule has 0 aliphatic heterocycles. The molecule has 2 aromatic rings. The van der Waals surface area contributed by atoms with E-state index in [1.165, 1.54) is 11.1 Å². The summed E-state index contributed by atoms with van der Waals surface area (Å²) in [6.45, 7) is 2.97. The van der Waals surface area contributed by atoms with Gasteiger partial charge in [-0.15, -0.1) is 0 Å². The monoisotopic (exact) mass is 201 g/mol. The van der Waals surface area contributed by atoms with Gasteiger partial charge < -0.3 is 9.32 Å². The smallest absolute Gasteiger partial charge is 0.195 e. The Balaban J connectivity index is 2.06. The zero-order chi connectivity index (χ0) is 10.7. The highest BCUT2D eigenvalue weighted by Crippen LogP contribution is 2.15. The van der Waals surface area contributed by atoms with E-state index in [9.17, 15) is 0 Å². The summed E-state index contributed by atoms with van der Waals surface area (Å²) in [7, 11) is 2.03. The zero-order valence-electron chi connectivity index (χ0n) is 9.10. The van der Waals surface area contributed by atoms with Crippen LogP contribution in [0.2, 0.25) is 0 Å². The molecule has 1 aromatic heterocycles. The fraction of sp³-hybridized carbons (Fsp3) is 0.231. The van der Waals surface area contributed by atoms with E-state index in [-0.39, 0.29) is 0 Å². The average molecular weight is 201 g/mol. The maximum atomic E-state index is 5.32. The molecular weight excluding hydrogens is 186 g/mol. The lowest BCUT2D eigenvalue weighted by Gasteiger charge is -2.15. The lowest BCUT2D eigenvalue weighted by atomic mass is 10.1. The second-order valence-corrected chi connectivity index (χ2v) is 3.79. The van der Waals surface area contributed by atoms with Crippen molar-refractivity contribution in [1.29, 1.82) is 0 Å². The lowest BCUT2D eigenvalue weighted by Crippen LogP contribution is -2.15. The third kappa shape index (κ3) is 2.40. The van der Waals surface area contributed by atoms with Crippen molar-refractivity contribution in [3.63, 3.8) is 0 Å². The van der Waals surface area contributed by atoms with Crippen LogP contribution < -0.4 is 4.90 Å². The number of benzene rings is 1. The first-order valence-electron chi connectivity index (χ1n) is 5.06. The van der Waals surface area contributed by atoms with E-state index in [0.717, 1.165) is 12.4 Å². The van der Waals surface area contributed by atoms with E-state index in [1.54, 1.807) is 6.26 Å². The molecule has 0 unspecified atom stereocenters. The molecule has 1 heterocycles. The molecule has 0 radical (unpaired) electrons. The molecule has 2 rings (SSSR count). The van der Waals surface area contributed by atoms with E-state index in [0.29, 0.717) is 0 Å². The predicted octanol–water partition coefficient (Wildman–Crippen LogP) is 3.22. The Kier molecular flexibility index (Phi) is 2.77. The van der Waals surface area contributed by atoms with Gasteiger partial charge in [0.1, 0.15) is 0 Å². The normalized spacial score (nSPS) is 10.3. The first kappa shape index (κ1) is 9.84. The number of hydrogen-bond acceptors (Lipinski definition) is 2. The van der Waals surface area contributed by atoms with Crippen LogP contribution in [0.4, 0.5) is 5.88 Å². The van der Waals surface area contributed by atoms with Gasteiger partial charge in [0.05, 0.1) is 6.26 Å². The van der Waals surface area contributed by atoms with Crippen molar-refractivity contribution in [3.05, 3.63) is 53.8 Å². The molecular formula is C13H15NO. The molecule has 2 nitrogen and oxygen atoms in total. The van der Waals surface area contributed by atoms with Crippen LogP contribution in [0.5, 0.6) is 0 Å². The molecule has 0 N–H and O–H groups in total. The Morgan fingerprint density at radius 3 is 2.47 bits per heavy atom. The van der Waals surface area contributed by atoms with Crippen molar-refractivity contribution in [2.75, 3.05) is 11.9 Å². The molecule has 0 saturated heterocycles. The maximum absolute atomic E-state index is 5.32. The first-order chi connectivity index (χ1) is 7.25. The van der Waals surface area contributed by atoms with Crippen molar-refractivity contribution in [1.82, 2.24) is 0 Å². The van der Waals surface area contributed by atoms with Crippen LogP contribution >= 0.6 is 0 Å². The highest BCUT2D eigenvalue weighted by Gasteiger charge is 2.03. The van der Waals surface area contributed by atoms with Crippen molar-refractivity contribution >= 4 is 5.88 Å². The minimum absolute atomic E-state index is 0.869. The summed E-state index contributed by atoms with van der Waals surface area (Å²) < 4.78 is 5.32. The van der Waals surface area contributed by atoms with Crippen molar-refractivity contribution in [2.24, 2.45) is 0 Å². The standard InChI is InChI=1S/C13H15NO/c1-11-5-7-12(8-6-11)10-14(2)13-4-3-9-15-13/h3-9H,10H2,1-2H3. The Labute approximate surface area is 90.1 Å². The first-order valence-corrected chi connectivity index (χ1v) is 5.06. The SMILES string of the molecule is Cc1ccc(CN(C)c2ccco2)cc1. The van der Waals surface area contributed by atoms with Crippen LogP contribution in [0.15, 0.2) is 47.1 Å². The molecule has 0 fully saturated rings. The van der Waals surface area contributed by atoms with Gasteiger partial charge in [-0.1, -0.05) is 29.8 Å². The fourth-order valence-electron chi connectivity index (χ4n) is 1.53. The van der Waals surface area contributed by atoms with E-state index >= 15 is 0 Å². The largest absolute Gasteiger partial charge is 0.449 e. The van der Waals surface area contributed by atoms with E-state index < -0.39 is 0 Å². The Bertz CT molecular complexity index is 403. The van der Waals surface area contributed by atoms with Crippen LogP contribution in [0, 0.1) is 6.92 Å². The highest BCUT2D eigenvalue weighted by atomic mass is 16.3. The molecule has 0 saturated carbocycles. The number of furan rings is 1. The molecule has 2 heteroatoms. The van der Waals surface area contributed by atoms with Gasteiger partial charge in [-0.25, -0.2) is 0 Å². The predicted molar refractivity (Wildman–Crippen MR) is 62.0 cm³/mol. The number of aryl methyl sites for hydroxylation is 1. The number of rotatable bonds is 3. The van der Waals surface area contributed by atoms with Gasteiger partial charge in [0.15, 0.2) is 5.88 Å². The van der Waals surface area contributed by atoms with Gasteiger partial charge in [0.25, 0.3) is 0 Å². The van der Waals surface area contributed by atoms with E-state index in [4.69, 9.17) is 4.42 Å². The number of hydrogen-bond donors (Lipinski definition) is 0. The second kappa shape index (κ2) is 4.22. The topological polar surface area (TPSA) is 16.4 Å². The van der Waals surface area contributed by atoms with E-state index in [2.05, 4.69) is 36.1 Å². The summed E-state index contributed by atoms with van der Waals surface area (Å²) in [5, 5.41) is 0. The summed E-state index contributed by atoms with van der Waals surface area (Å²) in [6.07, 6.45) is 1.70. The second-order valence-electron chi connectivity index (χ2n) is 3.79. The van der Waals surface area contributed by atoms with Gasteiger partial charge in [-0.05, 0) is 18.6 Å². The highest BCUT2D eigenvalue weighted by molar-refractivity contribution is 5.35. The minimum Gasteiger partial charge on any atom is -0.449 e. The molecule has 15 heavy (non-hydrogen) atoms. The molecule has 78 valence electrons. The molecule has 0 aliphatic rings. The molecule has 1 aromatic carbocycles. The third-order valence-corrected chi connectivity index (χ3v) is 2.42. The Hall–Kier alpha value is -1.70. The molecule has 0 bridgehead atoms. The van der Waals surface area contributed by atoms with Gasteiger partial charge in [0.2, 0.25) is 0 Å². The lowest BCUT2D eigenvalue weighted by molar-refractivity contribution is 0.554. The fourth-order valence-corrected chi connectivity index (χ4v) is 1.53. The quantitative estimate of drug-likeness (QED) is 0.758. The van der Waals surface area contributed by atoms with Crippen LogP contribution in [0.3, 0.4) is 0 Å².